The molecule has 1 aromatic heterocycles. The summed E-state index contributed by atoms with van der Waals surface area (Å²) in [4.78, 5) is 25.7. The number of carbonyl (C=O) groups excluding carboxylic acids is 1. The summed E-state index contributed by atoms with van der Waals surface area (Å²) in [5.41, 5.74) is 1.12. The highest BCUT2D eigenvalue weighted by molar-refractivity contribution is 7.15. The Morgan fingerprint density at radius 2 is 1.88 bits per heavy atom. The van der Waals surface area contributed by atoms with Gasteiger partial charge in [0.1, 0.15) is 5.75 Å². The summed E-state index contributed by atoms with van der Waals surface area (Å²) in [6.07, 6.45) is 2.70. The number of carboxylic acids is 1. The molecule has 0 spiro atoms. The molecule has 2 aromatic rings. The van der Waals surface area contributed by atoms with Crippen LogP contribution in [-0.2, 0) is 16.1 Å². The third-order valence-electron chi connectivity index (χ3n) is 4.87. The number of hydrogen-bond acceptors (Lipinski definition) is 4. The largest absolute Gasteiger partial charge is 0.497 e. The van der Waals surface area contributed by atoms with Gasteiger partial charge in [0.25, 0.3) is 0 Å². The molecule has 6 heteroatoms. The first kappa shape index (κ1) is 18.5. The highest BCUT2D eigenvalue weighted by Crippen LogP contribution is 2.31. The van der Waals surface area contributed by atoms with Crippen LogP contribution >= 0.6 is 11.3 Å². The highest BCUT2D eigenvalue weighted by Gasteiger charge is 2.30. The van der Waals surface area contributed by atoms with Gasteiger partial charge in [-0.25, -0.2) is 0 Å². The van der Waals surface area contributed by atoms with Crippen LogP contribution in [-0.4, -0.2) is 24.1 Å². The van der Waals surface area contributed by atoms with Crippen LogP contribution in [0.1, 0.15) is 30.6 Å². The van der Waals surface area contributed by atoms with Crippen LogP contribution in [0.4, 0.5) is 0 Å². The zero-order valence-corrected chi connectivity index (χ0v) is 15.6. The van der Waals surface area contributed by atoms with Crippen LogP contribution in [0.5, 0.6) is 5.75 Å². The molecule has 1 saturated carbocycles. The van der Waals surface area contributed by atoms with Crippen LogP contribution in [0.25, 0.3) is 10.4 Å². The number of ether oxygens (including phenoxy) is 1. The van der Waals surface area contributed by atoms with E-state index in [1.165, 1.54) is 0 Å². The summed E-state index contributed by atoms with van der Waals surface area (Å²) in [5, 5.41) is 12.1. The lowest BCUT2D eigenvalue weighted by Crippen LogP contribution is -2.34. The standard InChI is InChI=1S/C20H23NO4S/c1-25-16-7-5-13(6-8-16)18-10-9-17(26-18)12-21-19(22)14-3-2-4-15(11-14)20(23)24/h5-10,14-15H,2-4,11-12H2,1H3,(H,21,22)(H,23,24). The maximum Gasteiger partial charge on any atom is 0.306 e. The van der Waals surface area contributed by atoms with Gasteiger partial charge in [0.15, 0.2) is 0 Å². The van der Waals surface area contributed by atoms with Crippen LogP contribution in [0.2, 0.25) is 0 Å². The molecule has 3 rings (SSSR count). The Bertz CT molecular complexity index is 768. The van der Waals surface area contributed by atoms with Crippen LogP contribution in [0.15, 0.2) is 36.4 Å². The van der Waals surface area contributed by atoms with Crippen molar-refractivity contribution in [2.24, 2.45) is 11.8 Å². The molecular weight excluding hydrogens is 350 g/mol. The maximum absolute atomic E-state index is 12.4. The van der Waals surface area contributed by atoms with Crippen molar-refractivity contribution in [2.45, 2.75) is 32.2 Å². The van der Waals surface area contributed by atoms with E-state index in [-0.39, 0.29) is 17.7 Å². The lowest BCUT2D eigenvalue weighted by molar-refractivity contribution is -0.144. The van der Waals surface area contributed by atoms with Gasteiger partial charge in [-0.1, -0.05) is 6.42 Å². The molecule has 138 valence electrons. The van der Waals surface area contributed by atoms with Crippen molar-refractivity contribution in [3.8, 4) is 16.2 Å². The molecule has 0 bridgehead atoms. The third-order valence-corrected chi connectivity index (χ3v) is 6.00. The SMILES string of the molecule is COc1ccc(-c2ccc(CNC(=O)C3CCCC(C(=O)O)C3)s2)cc1. The van der Waals surface area contributed by atoms with Gasteiger partial charge in [0.05, 0.1) is 19.6 Å². The third kappa shape index (κ3) is 4.43. The van der Waals surface area contributed by atoms with Gasteiger partial charge < -0.3 is 15.2 Å². The maximum atomic E-state index is 12.4. The summed E-state index contributed by atoms with van der Waals surface area (Å²) in [5.74, 6) is -0.570. The van der Waals surface area contributed by atoms with Crippen molar-refractivity contribution in [1.29, 1.82) is 0 Å². The number of hydrogen-bond donors (Lipinski definition) is 2. The summed E-state index contributed by atoms with van der Waals surface area (Å²) in [6.45, 7) is 0.480. The van der Waals surface area contributed by atoms with Crippen molar-refractivity contribution in [3.05, 3.63) is 41.3 Å². The number of thiophene rings is 1. The lowest BCUT2D eigenvalue weighted by atomic mass is 9.81. The molecule has 5 nitrogen and oxygen atoms in total. The smallest absolute Gasteiger partial charge is 0.306 e. The summed E-state index contributed by atoms with van der Waals surface area (Å²) >= 11 is 1.64. The first-order valence-electron chi connectivity index (χ1n) is 8.80. The van der Waals surface area contributed by atoms with E-state index in [1.807, 2.05) is 30.3 Å². The Morgan fingerprint density at radius 3 is 2.58 bits per heavy atom. The Morgan fingerprint density at radius 1 is 1.15 bits per heavy atom. The van der Waals surface area contributed by atoms with Crippen molar-refractivity contribution in [2.75, 3.05) is 7.11 Å². The number of nitrogens with one attached hydrogen (secondary N) is 1. The van der Waals surface area contributed by atoms with E-state index in [4.69, 9.17) is 9.84 Å². The van der Waals surface area contributed by atoms with Gasteiger partial charge in [-0.3, -0.25) is 9.59 Å². The van der Waals surface area contributed by atoms with Crippen LogP contribution in [0, 0.1) is 11.8 Å². The Balaban J connectivity index is 1.55. The Hall–Kier alpha value is -2.34. The number of amides is 1. The average Bonchev–Trinajstić information content (AvgIpc) is 3.15. The van der Waals surface area contributed by atoms with Gasteiger partial charge in [-0.05, 0) is 61.2 Å². The van der Waals surface area contributed by atoms with Gasteiger partial charge >= 0.3 is 5.97 Å². The minimum absolute atomic E-state index is 0.0321. The second-order valence-electron chi connectivity index (χ2n) is 6.61. The molecule has 26 heavy (non-hydrogen) atoms. The van der Waals surface area contributed by atoms with E-state index < -0.39 is 5.97 Å². The average molecular weight is 373 g/mol. The molecule has 1 aromatic carbocycles. The van der Waals surface area contributed by atoms with Gasteiger partial charge in [-0.2, -0.15) is 0 Å². The first-order valence-corrected chi connectivity index (χ1v) is 9.62. The molecular formula is C20H23NO4S. The molecule has 0 saturated heterocycles. The van der Waals surface area contributed by atoms with Crippen molar-refractivity contribution in [1.82, 2.24) is 5.32 Å². The minimum Gasteiger partial charge on any atom is -0.497 e. The van der Waals surface area contributed by atoms with Crippen LogP contribution in [0.3, 0.4) is 0 Å². The predicted molar refractivity (Wildman–Crippen MR) is 101 cm³/mol. The number of carbonyl (C=O) groups is 2. The molecule has 1 amide bonds. The monoisotopic (exact) mass is 373 g/mol. The quantitative estimate of drug-likeness (QED) is 0.804. The fraction of sp³-hybridized carbons (Fsp3) is 0.400. The molecule has 0 radical (unpaired) electrons. The first-order chi connectivity index (χ1) is 12.6. The molecule has 2 unspecified atom stereocenters. The number of benzene rings is 1. The van der Waals surface area contributed by atoms with E-state index in [9.17, 15) is 9.59 Å². The van der Waals surface area contributed by atoms with E-state index >= 15 is 0 Å². The van der Waals surface area contributed by atoms with Gasteiger partial charge in [0, 0.05) is 15.7 Å². The van der Waals surface area contributed by atoms with Gasteiger partial charge in [-0.15, -0.1) is 11.3 Å². The highest BCUT2D eigenvalue weighted by atomic mass is 32.1. The normalized spacial score (nSPS) is 19.7. The van der Waals surface area contributed by atoms with E-state index in [1.54, 1.807) is 18.4 Å². The van der Waals surface area contributed by atoms with E-state index in [2.05, 4.69) is 11.4 Å². The lowest BCUT2D eigenvalue weighted by Gasteiger charge is -2.25. The fourth-order valence-electron chi connectivity index (χ4n) is 3.35. The predicted octanol–water partition coefficient (Wildman–Crippen LogP) is 3.93. The topological polar surface area (TPSA) is 75.6 Å². The summed E-state index contributed by atoms with van der Waals surface area (Å²) in [7, 11) is 1.64. The molecule has 2 atom stereocenters. The number of methoxy groups -OCH3 is 1. The van der Waals surface area contributed by atoms with Crippen molar-refractivity contribution < 1.29 is 19.4 Å². The number of aliphatic carboxylic acids is 1. The summed E-state index contributed by atoms with van der Waals surface area (Å²) in [6, 6.07) is 12.0. The van der Waals surface area contributed by atoms with Crippen LogP contribution < -0.4 is 10.1 Å². The molecule has 2 N–H and O–H groups in total. The van der Waals surface area contributed by atoms with E-state index in [0.717, 1.165) is 33.9 Å². The Kier molecular flexibility index (Phi) is 5.93. The second kappa shape index (κ2) is 8.36. The molecule has 0 aliphatic heterocycles. The molecule has 1 aliphatic rings. The molecule has 1 fully saturated rings. The summed E-state index contributed by atoms with van der Waals surface area (Å²) < 4.78 is 5.17. The number of carboxylic acid groups (broad SMARTS) is 1. The molecule has 1 heterocycles. The second-order valence-corrected chi connectivity index (χ2v) is 7.78. The zero-order chi connectivity index (χ0) is 18.5. The molecule has 1 aliphatic carbocycles. The van der Waals surface area contributed by atoms with Gasteiger partial charge in [0.2, 0.25) is 5.91 Å². The Labute approximate surface area is 157 Å². The van der Waals surface area contributed by atoms with Crippen molar-refractivity contribution >= 4 is 23.2 Å². The fourth-order valence-corrected chi connectivity index (χ4v) is 4.31. The number of rotatable bonds is 6. The zero-order valence-electron chi connectivity index (χ0n) is 14.7. The minimum atomic E-state index is -0.787. The van der Waals surface area contributed by atoms with E-state index in [0.29, 0.717) is 19.4 Å². The van der Waals surface area contributed by atoms with Crippen molar-refractivity contribution in [3.63, 3.8) is 0 Å².